The third-order valence-corrected chi connectivity index (χ3v) is 7.48. The zero-order valence-corrected chi connectivity index (χ0v) is 24.4. The molecule has 0 aromatic heterocycles. The van der Waals surface area contributed by atoms with Crippen molar-refractivity contribution in [2.24, 2.45) is 5.92 Å². The lowest BCUT2D eigenvalue weighted by Crippen LogP contribution is -2.53. The number of nitrogens with one attached hydrogen (secondary N) is 1. The molecule has 0 spiro atoms. The number of hydrogen-bond donors (Lipinski definition) is 1. The van der Waals surface area contributed by atoms with Gasteiger partial charge in [-0.05, 0) is 60.7 Å². The molecule has 1 N–H and O–H groups in total. The fourth-order valence-electron chi connectivity index (χ4n) is 4.24. The Balaban J connectivity index is 1.84. The SMILES string of the molecule is CC[C@@H](C(=O)NCC(C)C)N(CCc1ccccc1)C(=O)CN(c1ccc(Oc2ccccc2)cc1)S(C)(=O)=O. The molecule has 0 heterocycles. The Morgan fingerprint density at radius 1 is 0.875 bits per heavy atom. The van der Waals surface area contributed by atoms with Gasteiger partial charge in [-0.2, -0.15) is 0 Å². The van der Waals surface area contributed by atoms with Gasteiger partial charge in [-0.1, -0.05) is 69.3 Å². The normalized spacial score (nSPS) is 12.0. The second-order valence-corrected chi connectivity index (χ2v) is 12.0. The van der Waals surface area contributed by atoms with Crippen LogP contribution in [0.15, 0.2) is 84.9 Å². The smallest absolute Gasteiger partial charge is 0.244 e. The predicted molar refractivity (Wildman–Crippen MR) is 159 cm³/mol. The first kappa shape index (κ1) is 30.7. The summed E-state index contributed by atoms with van der Waals surface area (Å²) >= 11 is 0. The van der Waals surface area contributed by atoms with E-state index < -0.39 is 28.5 Å². The van der Waals surface area contributed by atoms with E-state index in [1.54, 1.807) is 24.3 Å². The van der Waals surface area contributed by atoms with Crippen molar-refractivity contribution in [2.75, 3.05) is 30.2 Å². The number of carbonyl (C=O) groups is 2. The number of hydrogen-bond acceptors (Lipinski definition) is 5. The molecule has 3 rings (SSSR count). The van der Waals surface area contributed by atoms with E-state index >= 15 is 0 Å². The highest BCUT2D eigenvalue weighted by Gasteiger charge is 2.31. The standard InChI is InChI=1S/C31H39N3O5S/c1-5-29(31(36)32-22-24(2)3)33(21-20-25-12-8-6-9-13-25)30(35)23-34(40(4,37)38)26-16-18-28(19-17-26)39-27-14-10-7-11-15-27/h6-19,24,29H,5,20-23H2,1-4H3,(H,32,36)/t29-/m0/s1. The number of sulfonamides is 1. The van der Waals surface area contributed by atoms with Gasteiger partial charge in [0.2, 0.25) is 21.8 Å². The van der Waals surface area contributed by atoms with Crippen LogP contribution in [0.4, 0.5) is 5.69 Å². The molecule has 0 bridgehead atoms. The Kier molecular flexibility index (Phi) is 11.1. The van der Waals surface area contributed by atoms with Gasteiger partial charge in [0.15, 0.2) is 0 Å². The maximum absolute atomic E-state index is 13.8. The summed E-state index contributed by atoms with van der Waals surface area (Å²) in [6.45, 7) is 6.18. The average molecular weight is 566 g/mol. The molecule has 3 aromatic rings. The summed E-state index contributed by atoms with van der Waals surface area (Å²) in [4.78, 5) is 28.4. The first-order valence-electron chi connectivity index (χ1n) is 13.5. The van der Waals surface area contributed by atoms with Crippen molar-refractivity contribution in [3.63, 3.8) is 0 Å². The highest BCUT2D eigenvalue weighted by atomic mass is 32.2. The van der Waals surface area contributed by atoms with Crippen LogP contribution >= 0.6 is 0 Å². The molecule has 0 aliphatic rings. The summed E-state index contributed by atoms with van der Waals surface area (Å²) in [6, 6.07) is 24.7. The number of carbonyl (C=O) groups excluding carboxylic acids is 2. The zero-order valence-electron chi connectivity index (χ0n) is 23.6. The summed E-state index contributed by atoms with van der Waals surface area (Å²) < 4.78 is 32.6. The van der Waals surface area contributed by atoms with Gasteiger partial charge >= 0.3 is 0 Å². The molecule has 3 aromatic carbocycles. The van der Waals surface area contributed by atoms with Crippen LogP contribution in [-0.2, 0) is 26.0 Å². The maximum atomic E-state index is 13.8. The third kappa shape index (κ3) is 9.12. The van der Waals surface area contributed by atoms with Crippen molar-refractivity contribution in [1.82, 2.24) is 10.2 Å². The monoisotopic (exact) mass is 565 g/mol. The molecule has 0 saturated heterocycles. The Labute approximate surface area is 238 Å². The fraction of sp³-hybridized carbons (Fsp3) is 0.355. The van der Waals surface area contributed by atoms with Crippen molar-refractivity contribution in [2.45, 2.75) is 39.7 Å². The van der Waals surface area contributed by atoms with Gasteiger partial charge < -0.3 is 15.0 Å². The van der Waals surface area contributed by atoms with E-state index in [-0.39, 0.29) is 18.4 Å². The highest BCUT2D eigenvalue weighted by molar-refractivity contribution is 7.92. The lowest BCUT2D eigenvalue weighted by Gasteiger charge is -2.33. The Morgan fingerprint density at radius 2 is 1.45 bits per heavy atom. The molecule has 8 nitrogen and oxygen atoms in total. The quantitative estimate of drug-likeness (QED) is 0.301. The second kappa shape index (κ2) is 14.5. The summed E-state index contributed by atoms with van der Waals surface area (Å²) in [5.74, 6) is 0.751. The van der Waals surface area contributed by atoms with E-state index in [0.29, 0.717) is 36.6 Å². The Morgan fingerprint density at radius 3 is 2.00 bits per heavy atom. The molecule has 0 fully saturated rings. The van der Waals surface area contributed by atoms with Gasteiger partial charge in [0.05, 0.1) is 11.9 Å². The minimum absolute atomic E-state index is 0.245. The first-order valence-corrected chi connectivity index (χ1v) is 15.3. The lowest BCUT2D eigenvalue weighted by molar-refractivity contribution is -0.139. The molecule has 0 radical (unpaired) electrons. The predicted octanol–water partition coefficient (Wildman–Crippen LogP) is 4.87. The highest BCUT2D eigenvalue weighted by Crippen LogP contribution is 2.26. The summed E-state index contributed by atoms with van der Waals surface area (Å²) in [5.41, 5.74) is 1.35. The van der Waals surface area contributed by atoms with Crippen LogP contribution in [-0.4, -0.2) is 57.1 Å². The Hall–Kier alpha value is -3.85. The van der Waals surface area contributed by atoms with Gasteiger partial charge in [0.1, 0.15) is 24.1 Å². The molecule has 0 aliphatic carbocycles. The number of amides is 2. The van der Waals surface area contributed by atoms with Crippen LogP contribution < -0.4 is 14.4 Å². The van der Waals surface area contributed by atoms with Gasteiger partial charge in [-0.3, -0.25) is 13.9 Å². The number of ether oxygens (including phenoxy) is 1. The van der Waals surface area contributed by atoms with Crippen LogP contribution in [0.1, 0.15) is 32.8 Å². The molecule has 0 unspecified atom stereocenters. The van der Waals surface area contributed by atoms with Crippen molar-refractivity contribution in [1.29, 1.82) is 0 Å². The third-order valence-electron chi connectivity index (χ3n) is 6.34. The summed E-state index contributed by atoms with van der Waals surface area (Å²) in [5, 5.41) is 2.93. The number of para-hydroxylation sites is 1. The maximum Gasteiger partial charge on any atom is 0.244 e. The molecule has 0 saturated carbocycles. The zero-order chi connectivity index (χ0) is 29.1. The second-order valence-electron chi connectivity index (χ2n) is 10.1. The van der Waals surface area contributed by atoms with Crippen LogP contribution in [0.25, 0.3) is 0 Å². The van der Waals surface area contributed by atoms with Crippen LogP contribution in [0.3, 0.4) is 0 Å². The number of benzene rings is 3. The minimum atomic E-state index is -3.82. The van der Waals surface area contributed by atoms with Gasteiger partial charge in [-0.25, -0.2) is 8.42 Å². The van der Waals surface area contributed by atoms with Crippen molar-refractivity contribution in [3.8, 4) is 11.5 Å². The molecular weight excluding hydrogens is 526 g/mol. The summed E-state index contributed by atoms with van der Waals surface area (Å²) in [7, 11) is -3.82. The minimum Gasteiger partial charge on any atom is -0.457 e. The number of anilines is 1. The van der Waals surface area contributed by atoms with Crippen molar-refractivity contribution in [3.05, 3.63) is 90.5 Å². The summed E-state index contributed by atoms with van der Waals surface area (Å²) in [6.07, 6.45) is 2.00. The largest absolute Gasteiger partial charge is 0.457 e. The number of nitrogens with zero attached hydrogens (tertiary/aromatic N) is 2. The van der Waals surface area contributed by atoms with E-state index in [9.17, 15) is 18.0 Å². The molecule has 2 amide bonds. The molecule has 214 valence electrons. The molecular formula is C31H39N3O5S. The van der Waals surface area contributed by atoms with E-state index in [2.05, 4.69) is 5.32 Å². The topological polar surface area (TPSA) is 96.0 Å². The number of rotatable bonds is 14. The van der Waals surface area contributed by atoms with E-state index in [1.165, 1.54) is 4.90 Å². The molecule has 40 heavy (non-hydrogen) atoms. The van der Waals surface area contributed by atoms with Gasteiger partial charge in [0.25, 0.3) is 0 Å². The molecule has 1 atom stereocenters. The van der Waals surface area contributed by atoms with E-state index in [0.717, 1.165) is 16.1 Å². The Bertz CT molecular complexity index is 1330. The van der Waals surface area contributed by atoms with Crippen molar-refractivity contribution >= 4 is 27.5 Å². The van der Waals surface area contributed by atoms with Crippen LogP contribution in [0, 0.1) is 5.92 Å². The van der Waals surface area contributed by atoms with Crippen LogP contribution in [0.2, 0.25) is 0 Å². The van der Waals surface area contributed by atoms with E-state index in [4.69, 9.17) is 4.74 Å². The van der Waals surface area contributed by atoms with Gasteiger partial charge in [-0.15, -0.1) is 0 Å². The van der Waals surface area contributed by atoms with Gasteiger partial charge in [0, 0.05) is 13.1 Å². The van der Waals surface area contributed by atoms with Crippen LogP contribution in [0.5, 0.6) is 11.5 Å². The average Bonchev–Trinajstić information content (AvgIpc) is 2.93. The molecule has 0 aliphatic heterocycles. The lowest BCUT2D eigenvalue weighted by atomic mass is 10.1. The van der Waals surface area contributed by atoms with Crippen molar-refractivity contribution < 1.29 is 22.7 Å². The molecule has 9 heteroatoms. The fourth-order valence-corrected chi connectivity index (χ4v) is 5.09. The van der Waals surface area contributed by atoms with E-state index in [1.807, 2.05) is 81.4 Å². The first-order chi connectivity index (χ1) is 19.1.